The van der Waals surface area contributed by atoms with Crippen molar-refractivity contribution in [3.63, 3.8) is 0 Å². The van der Waals surface area contributed by atoms with E-state index in [9.17, 15) is 14.4 Å². The monoisotopic (exact) mass is 538 g/mol. The van der Waals surface area contributed by atoms with E-state index in [1.165, 1.54) is 6.08 Å². The number of imide groups is 2. The van der Waals surface area contributed by atoms with Crippen molar-refractivity contribution >= 4 is 52.8 Å². The Hall–Kier alpha value is -3.81. The number of carbonyl (C=O) groups excluding carboxylic acids is 3. The molecule has 37 heavy (non-hydrogen) atoms. The summed E-state index contributed by atoms with van der Waals surface area (Å²) >= 11 is 12.2. The van der Waals surface area contributed by atoms with Crippen molar-refractivity contribution in [2.75, 3.05) is 11.5 Å². The average molecular weight is 539 g/mol. The number of nitrogens with one attached hydrogen (secondary N) is 1. The summed E-state index contributed by atoms with van der Waals surface area (Å²) in [7, 11) is 0. The highest BCUT2D eigenvalue weighted by molar-refractivity contribution is 6.39. The van der Waals surface area contributed by atoms with E-state index in [1.54, 1.807) is 48.5 Å². The Morgan fingerprint density at radius 3 is 2.38 bits per heavy atom. The van der Waals surface area contributed by atoms with E-state index in [2.05, 4.69) is 5.32 Å². The summed E-state index contributed by atoms with van der Waals surface area (Å²) in [5.41, 5.74) is 3.40. The predicted octanol–water partition coefficient (Wildman–Crippen LogP) is 6.25. The molecule has 0 radical (unpaired) electrons. The number of benzene rings is 3. The second-order valence-corrected chi connectivity index (χ2v) is 9.23. The zero-order chi connectivity index (χ0) is 26.7. The summed E-state index contributed by atoms with van der Waals surface area (Å²) in [5.74, 6) is -0.604. The normalized spacial score (nSPS) is 14.7. The molecule has 1 heterocycles. The first-order chi connectivity index (χ1) is 17.7. The van der Waals surface area contributed by atoms with Crippen molar-refractivity contribution in [3.05, 3.63) is 92.5 Å². The minimum absolute atomic E-state index is 0.179. The van der Waals surface area contributed by atoms with Crippen LogP contribution in [0.4, 0.5) is 10.5 Å². The smallest absolute Gasteiger partial charge is 0.335 e. The molecule has 0 aliphatic carbocycles. The van der Waals surface area contributed by atoms with Gasteiger partial charge < -0.3 is 9.47 Å². The molecule has 0 unspecified atom stereocenters. The Morgan fingerprint density at radius 1 is 0.892 bits per heavy atom. The fourth-order valence-corrected chi connectivity index (χ4v) is 4.18. The Morgan fingerprint density at radius 2 is 1.68 bits per heavy atom. The summed E-state index contributed by atoms with van der Waals surface area (Å²) in [6.45, 7) is 6.19. The van der Waals surface area contributed by atoms with E-state index in [1.807, 2.05) is 26.8 Å². The number of barbiturate groups is 1. The topological polar surface area (TPSA) is 84.9 Å². The largest absolute Gasteiger partial charge is 0.490 e. The van der Waals surface area contributed by atoms with Gasteiger partial charge in [-0.05, 0) is 79.9 Å². The van der Waals surface area contributed by atoms with Crippen molar-refractivity contribution in [2.45, 2.75) is 27.4 Å². The van der Waals surface area contributed by atoms with Crippen molar-refractivity contribution in [1.82, 2.24) is 5.32 Å². The standard InChI is InChI=1S/C28H24Cl2N2O5/c1-4-36-25-13-18(6-10-24(25)37-15-19-7-8-20(29)14-23(19)30)12-22-26(33)31-28(35)32(27(22)34)21-9-5-16(2)17(3)11-21/h5-14H,4,15H2,1-3H3,(H,31,33,35)/b22-12+. The fraction of sp³-hybridized carbons (Fsp3) is 0.179. The maximum absolute atomic E-state index is 13.2. The first kappa shape index (κ1) is 26.3. The van der Waals surface area contributed by atoms with Crippen LogP contribution in [0.15, 0.2) is 60.2 Å². The van der Waals surface area contributed by atoms with E-state index in [0.29, 0.717) is 39.4 Å². The van der Waals surface area contributed by atoms with Crippen LogP contribution in [0.3, 0.4) is 0 Å². The van der Waals surface area contributed by atoms with Gasteiger partial charge in [-0.1, -0.05) is 41.4 Å². The molecule has 0 spiro atoms. The summed E-state index contributed by atoms with van der Waals surface area (Å²) in [6.07, 6.45) is 1.42. The van der Waals surface area contributed by atoms with Crippen molar-refractivity contribution in [2.24, 2.45) is 0 Å². The molecule has 9 heteroatoms. The first-order valence-corrected chi connectivity index (χ1v) is 12.3. The maximum atomic E-state index is 13.2. The molecular weight excluding hydrogens is 515 g/mol. The number of hydrogen-bond donors (Lipinski definition) is 1. The molecule has 3 aromatic carbocycles. The summed E-state index contributed by atoms with van der Waals surface area (Å²) in [4.78, 5) is 39.3. The van der Waals surface area contributed by atoms with Crippen LogP contribution in [0.5, 0.6) is 11.5 Å². The maximum Gasteiger partial charge on any atom is 0.335 e. The van der Waals surface area contributed by atoms with Gasteiger partial charge in [0.2, 0.25) is 0 Å². The minimum Gasteiger partial charge on any atom is -0.490 e. The molecule has 0 atom stereocenters. The minimum atomic E-state index is -0.796. The molecule has 1 aliphatic rings. The molecule has 0 bridgehead atoms. The molecule has 1 N–H and O–H groups in total. The third-order valence-corrected chi connectivity index (χ3v) is 6.41. The van der Waals surface area contributed by atoms with Gasteiger partial charge in [0.05, 0.1) is 12.3 Å². The van der Waals surface area contributed by atoms with Crippen LogP contribution in [0.2, 0.25) is 10.0 Å². The van der Waals surface area contributed by atoms with Gasteiger partial charge in [0.25, 0.3) is 11.8 Å². The van der Waals surface area contributed by atoms with E-state index < -0.39 is 17.8 Å². The fourth-order valence-electron chi connectivity index (χ4n) is 3.72. The van der Waals surface area contributed by atoms with Crippen LogP contribution in [-0.2, 0) is 16.2 Å². The average Bonchev–Trinajstić information content (AvgIpc) is 2.84. The van der Waals surface area contributed by atoms with Gasteiger partial charge >= 0.3 is 6.03 Å². The summed E-state index contributed by atoms with van der Waals surface area (Å²) in [6, 6.07) is 14.6. The third kappa shape index (κ3) is 5.79. The number of carbonyl (C=O) groups is 3. The lowest BCUT2D eigenvalue weighted by atomic mass is 10.0. The van der Waals surface area contributed by atoms with Gasteiger partial charge in [-0.2, -0.15) is 0 Å². The van der Waals surface area contributed by atoms with E-state index in [-0.39, 0.29) is 12.2 Å². The van der Waals surface area contributed by atoms with Gasteiger partial charge in [0, 0.05) is 15.6 Å². The first-order valence-electron chi connectivity index (χ1n) is 11.5. The predicted molar refractivity (Wildman–Crippen MR) is 143 cm³/mol. The molecular formula is C28H24Cl2N2O5. The second kappa shape index (κ2) is 11.1. The molecule has 4 rings (SSSR count). The molecule has 4 amide bonds. The Kier molecular flexibility index (Phi) is 7.86. The number of amides is 4. The molecule has 1 fully saturated rings. The molecule has 0 aromatic heterocycles. The molecule has 1 aliphatic heterocycles. The molecule has 1 saturated heterocycles. The van der Waals surface area contributed by atoms with E-state index in [0.717, 1.165) is 21.6 Å². The van der Waals surface area contributed by atoms with Crippen molar-refractivity contribution in [1.29, 1.82) is 0 Å². The van der Waals surface area contributed by atoms with Crippen molar-refractivity contribution in [3.8, 4) is 11.5 Å². The highest BCUT2D eigenvalue weighted by Gasteiger charge is 2.37. The number of hydrogen-bond acceptors (Lipinski definition) is 5. The lowest BCUT2D eigenvalue weighted by Crippen LogP contribution is -2.54. The van der Waals surface area contributed by atoms with Crippen LogP contribution >= 0.6 is 23.2 Å². The molecule has 3 aromatic rings. The van der Waals surface area contributed by atoms with Crippen LogP contribution in [0.1, 0.15) is 29.2 Å². The molecule has 190 valence electrons. The van der Waals surface area contributed by atoms with Crippen molar-refractivity contribution < 1.29 is 23.9 Å². The number of aryl methyl sites for hydroxylation is 2. The number of nitrogens with zero attached hydrogens (tertiary/aromatic N) is 1. The zero-order valence-corrected chi connectivity index (χ0v) is 21.9. The quantitative estimate of drug-likeness (QED) is 0.283. The van der Waals surface area contributed by atoms with Gasteiger partial charge in [-0.25, -0.2) is 9.69 Å². The van der Waals surface area contributed by atoms with Crippen LogP contribution in [0.25, 0.3) is 6.08 Å². The number of halogens is 2. The zero-order valence-electron chi connectivity index (χ0n) is 20.4. The lowest BCUT2D eigenvalue weighted by molar-refractivity contribution is -0.122. The Bertz CT molecular complexity index is 1430. The van der Waals surface area contributed by atoms with Gasteiger partial charge in [0.15, 0.2) is 11.5 Å². The number of urea groups is 1. The Labute approximate surface area is 224 Å². The van der Waals surface area contributed by atoms with Crippen LogP contribution in [-0.4, -0.2) is 24.5 Å². The second-order valence-electron chi connectivity index (χ2n) is 8.39. The van der Waals surface area contributed by atoms with Gasteiger partial charge in [-0.3, -0.25) is 14.9 Å². The Balaban J connectivity index is 1.62. The summed E-state index contributed by atoms with van der Waals surface area (Å²) in [5, 5.41) is 3.25. The van der Waals surface area contributed by atoms with Crippen LogP contribution in [0, 0.1) is 13.8 Å². The molecule has 0 saturated carbocycles. The van der Waals surface area contributed by atoms with E-state index >= 15 is 0 Å². The van der Waals surface area contributed by atoms with E-state index in [4.69, 9.17) is 32.7 Å². The van der Waals surface area contributed by atoms with Gasteiger partial charge in [0.1, 0.15) is 12.2 Å². The third-order valence-electron chi connectivity index (χ3n) is 5.83. The number of anilines is 1. The highest BCUT2D eigenvalue weighted by Crippen LogP contribution is 2.32. The van der Waals surface area contributed by atoms with Gasteiger partial charge in [-0.15, -0.1) is 0 Å². The van der Waals surface area contributed by atoms with Crippen LogP contribution < -0.4 is 19.7 Å². The highest BCUT2D eigenvalue weighted by atomic mass is 35.5. The number of ether oxygens (including phenoxy) is 2. The number of rotatable bonds is 7. The molecule has 7 nitrogen and oxygen atoms in total. The summed E-state index contributed by atoms with van der Waals surface area (Å²) < 4.78 is 11.7. The SMILES string of the molecule is CCOc1cc(/C=C2\C(=O)NC(=O)N(c3ccc(C)c(C)c3)C2=O)ccc1OCc1ccc(Cl)cc1Cl. The lowest BCUT2D eigenvalue weighted by Gasteiger charge is -2.27.